The van der Waals surface area contributed by atoms with E-state index in [0.29, 0.717) is 13.0 Å². The largest absolute Gasteiger partial charge is 0.494 e. The molecule has 114 valence electrons. The number of carbonyl (C=O) groups is 1. The quantitative estimate of drug-likeness (QED) is 0.820. The first-order valence-corrected chi connectivity index (χ1v) is 8.18. The molecule has 2 aromatic carbocycles. The van der Waals surface area contributed by atoms with Gasteiger partial charge < -0.3 is 9.64 Å². The summed E-state index contributed by atoms with van der Waals surface area (Å²) in [6.45, 7) is 2.59. The molecule has 4 heteroatoms. The second-order valence-corrected chi connectivity index (χ2v) is 6.31. The maximum atomic E-state index is 12.6. The number of likely N-dealkylation sites (N-methyl/N-ethyl adjacent to an activating group) is 1. The minimum absolute atomic E-state index is 0.138. The Hall–Kier alpha value is -1.81. The van der Waals surface area contributed by atoms with Crippen LogP contribution < -0.4 is 9.64 Å². The molecule has 0 spiro atoms. The molecule has 0 unspecified atom stereocenters. The number of fused-ring (bicyclic) bond motifs is 1. The van der Waals surface area contributed by atoms with Crippen molar-refractivity contribution in [3.63, 3.8) is 0 Å². The summed E-state index contributed by atoms with van der Waals surface area (Å²) in [5.74, 6) is 0.849. The third kappa shape index (κ3) is 2.63. The highest BCUT2D eigenvalue weighted by atomic mass is 79.9. The van der Waals surface area contributed by atoms with Crippen LogP contribution in [-0.2, 0) is 11.2 Å². The van der Waals surface area contributed by atoms with Crippen LogP contribution in [0.25, 0.3) is 0 Å². The highest BCUT2D eigenvalue weighted by Crippen LogP contribution is 2.40. The van der Waals surface area contributed by atoms with E-state index in [1.54, 1.807) is 4.90 Å². The second kappa shape index (κ2) is 6.13. The number of hydrogen-bond acceptors (Lipinski definition) is 2. The van der Waals surface area contributed by atoms with E-state index >= 15 is 0 Å². The van der Waals surface area contributed by atoms with Crippen LogP contribution in [0.4, 0.5) is 5.69 Å². The molecule has 0 aliphatic carbocycles. The van der Waals surface area contributed by atoms with Gasteiger partial charge in [0.2, 0.25) is 5.91 Å². The fourth-order valence-electron chi connectivity index (χ4n) is 2.98. The molecule has 1 aliphatic rings. The van der Waals surface area contributed by atoms with Crippen molar-refractivity contribution in [3.8, 4) is 5.75 Å². The molecule has 22 heavy (non-hydrogen) atoms. The number of rotatable bonds is 4. The number of halogens is 1. The molecule has 2 aromatic rings. The summed E-state index contributed by atoms with van der Waals surface area (Å²) in [5.41, 5.74) is 3.14. The third-order valence-electron chi connectivity index (χ3n) is 4.05. The Labute approximate surface area is 139 Å². The Morgan fingerprint density at radius 2 is 2.00 bits per heavy atom. The average Bonchev–Trinajstić information content (AvgIpc) is 2.74. The SMILES string of the molecule is CCOc1ccccc1C[C@@H]1C(=O)N(C)c2ccc(Br)cc21. The van der Waals surface area contributed by atoms with Gasteiger partial charge in [0, 0.05) is 17.2 Å². The third-order valence-corrected chi connectivity index (χ3v) is 4.54. The van der Waals surface area contributed by atoms with Gasteiger partial charge >= 0.3 is 0 Å². The lowest BCUT2D eigenvalue weighted by Crippen LogP contribution is -2.25. The number of ether oxygens (including phenoxy) is 1. The van der Waals surface area contributed by atoms with Gasteiger partial charge in [-0.05, 0) is 48.7 Å². The summed E-state index contributed by atoms with van der Waals surface area (Å²) in [6.07, 6.45) is 0.656. The summed E-state index contributed by atoms with van der Waals surface area (Å²) < 4.78 is 6.68. The van der Waals surface area contributed by atoms with Gasteiger partial charge in [0.1, 0.15) is 5.75 Å². The Kier molecular flexibility index (Phi) is 4.21. The fraction of sp³-hybridized carbons (Fsp3) is 0.278. The summed E-state index contributed by atoms with van der Waals surface area (Å²) in [7, 11) is 1.84. The van der Waals surface area contributed by atoms with Crippen LogP contribution in [0.1, 0.15) is 24.0 Å². The molecule has 3 nitrogen and oxygen atoms in total. The number of benzene rings is 2. The molecule has 0 fully saturated rings. The maximum absolute atomic E-state index is 12.6. The zero-order valence-electron chi connectivity index (χ0n) is 12.7. The Morgan fingerprint density at radius 3 is 2.77 bits per heavy atom. The normalized spacial score (nSPS) is 16.8. The van der Waals surface area contributed by atoms with Crippen molar-refractivity contribution in [3.05, 3.63) is 58.1 Å². The molecular formula is C18H18BrNO2. The van der Waals surface area contributed by atoms with Crippen molar-refractivity contribution in [1.29, 1.82) is 0 Å². The smallest absolute Gasteiger partial charge is 0.234 e. The molecule has 0 aromatic heterocycles. The molecule has 0 saturated carbocycles. The molecule has 0 bridgehead atoms. The van der Waals surface area contributed by atoms with Gasteiger partial charge in [-0.2, -0.15) is 0 Å². The van der Waals surface area contributed by atoms with Crippen molar-refractivity contribution in [2.45, 2.75) is 19.3 Å². The molecule has 0 saturated heterocycles. The van der Waals surface area contributed by atoms with Crippen LogP contribution in [0.3, 0.4) is 0 Å². The lowest BCUT2D eigenvalue weighted by atomic mass is 9.93. The van der Waals surface area contributed by atoms with Crippen LogP contribution >= 0.6 is 15.9 Å². The molecule has 1 heterocycles. The van der Waals surface area contributed by atoms with E-state index in [-0.39, 0.29) is 11.8 Å². The molecule has 3 rings (SSSR count). The first-order chi connectivity index (χ1) is 10.6. The number of para-hydroxylation sites is 1. The topological polar surface area (TPSA) is 29.5 Å². The van der Waals surface area contributed by atoms with E-state index in [9.17, 15) is 4.79 Å². The molecule has 1 amide bonds. The second-order valence-electron chi connectivity index (χ2n) is 5.40. The van der Waals surface area contributed by atoms with E-state index < -0.39 is 0 Å². The average molecular weight is 360 g/mol. The summed E-state index contributed by atoms with van der Waals surface area (Å²) in [6, 6.07) is 14.0. The summed E-state index contributed by atoms with van der Waals surface area (Å²) in [4.78, 5) is 14.4. The van der Waals surface area contributed by atoms with E-state index in [1.165, 1.54) is 0 Å². The summed E-state index contributed by atoms with van der Waals surface area (Å²) in [5, 5.41) is 0. The van der Waals surface area contributed by atoms with Crippen molar-refractivity contribution in [1.82, 2.24) is 0 Å². The van der Waals surface area contributed by atoms with Gasteiger partial charge in [-0.1, -0.05) is 34.1 Å². The number of amides is 1. The highest BCUT2D eigenvalue weighted by molar-refractivity contribution is 9.10. The predicted octanol–water partition coefficient (Wildman–Crippen LogP) is 4.15. The van der Waals surface area contributed by atoms with Gasteiger partial charge in [-0.3, -0.25) is 4.79 Å². The van der Waals surface area contributed by atoms with Gasteiger partial charge in [0.05, 0.1) is 12.5 Å². The van der Waals surface area contributed by atoms with Crippen LogP contribution in [0.2, 0.25) is 0 Å². The minimum atomic E-state index is -0.154. The van der Waals surface area contributed by atoms with Crippen molar-refractivity contribution < 1.29 is 9.53 Å². The van der Waals surface area contributed by atoms with Crippen molar-refractivity contribution in [2.24, 2.45) is 0 Å². The van der Waals surface area contributed by atoms with Crippen LogP contribution in [0.5, 0.6) is 5.75 Å². The minimum Gasteiger partial charge on any atom is -0.494 e. The standard InChI is InChI=1S/C18H18BrNO2/c1-3-22-17-7-5-4-6-12(17)10-15-14-11-13(19)8-9-16(14)20(2)18(15)21/h4-9,11,15H,3,10H2,1-2H3/t15-/m0/s1. The van der Waals surface area contributed by atoms with Gasteiger partial charge in [0.15, 0.2) is 0 Å². The Bertz CT molecular complexity index is 714. The van der Waals surface area contributed by atoms with E-state index in [4.69, 9.17) is 4.74 Å². The van der Waals surface area contributed by atoms with Crippen LogP contribution in [0.15, 0.2) is 46.9 Å². The number of anilines is 1. The van der Waals surface area contributed by atoms with Crippen LogP contribution in [0, 0.1) is 0 Å². The van der Waals surface area contributed by atoms with E-state index in [1.807, 2.05) is 56.4 Å². The van der Waals surface area contributed by atoms with E-state index in [0.717, 1.165) is 27.0 Å². The number of nitrogens with zero attached hydrogens (tertiary/aromatic N) is 1. The monoisotopic (exact) mass is 359 g/mol. The first kappa shape index (κ1) is 15.1. The van der Waals surface area contributed by atoms with Gasteiger partial charge in [-0.25, -0.2) is 0 Å². The van der Waals surface area contributed by atoms with Crippen LogP contribution in [-0.4, -0.2) is 19.6 Å². The predicted molar refractivity (Wildman–Crippen MR) is 91.6 cm³/mol. The summed E-state index contributed by atoms with van der Waals surface area (Å²) >= 11 is 3.50. The molecule has 1 aliphatic heterocycles. The number of carbonyl (C=O) groups excluding carboxylic acids is 1. The molecular weight excluding hydrogens is 342 g/mol. The van der Waals surface area contributed by atoms with E-state index in [2.05, 4.69) is 15.9 Å². The van der Waals surface area contributed by atoms with Gasteiger partial charge in [0.25, 0.3) is 0 Å². The molecule has 1 atom stereocenters. The fourth-order valence-corrected chi connectivity index (χ4v) is 3.36. The maximum Gasteiger partial charge on any atom is 0.234 e. The zero-order valence-corrected chi connectivity index (χ0v) is 14.3. The first-order valence-electron chi connectivity index (χ1n) is 7.39. The molecule has 0 N–H and O–H groups in total. The lowest BCUT2D eigenvalue weighted by Gasteiger charge is -2.14. The Morgan fingerprint density at radius 1 is 1.23 bits per heavy atom. The Balaban J connectivity index is 1.97. The van der Waals surface area contributed by atoms with Crippen molar-refractivity contribution in [2.75, 3.05) is 18.6 Å². The van der Waals surface area contributed by atoms with Crippen molar-refractivity contribution >= 4 is 27.5 Å². The number of hydrogen-bond donors (Lipinski definition) is 0. The zero-order chi connectivity index (χ0) is 15.7. The highest BCUT2D eigenvalue weighted by Gasteiger charge is 2.35. The van der Waals surface area contributed by atoms with Gasteiger partial charge in [-0.15, -0.1) is 0 Å². The lowest BCUT2D eigenvalue weighted by molar-refractivity contribution is -0.119. The molecule has 0 radical (unpaired) electrons.